The summed E-state index contributed by atoms with van der Waals surface area (Å²) >= 11 is 0. The number of benzene rings is 2. The molecular weight excluding hydrogens is 348 g/mol. The Morgan fingerprint density at radius 3 is 2.54 bits per heavy atom. The molecule has 0 aliphatic carbocycles. The number of amides is 1. The molecule has 26 heavy (non-hydrogen) atoms. The third-order valence-corrected chi connectivity index (χ3v) is 6.10. The Morgan fingerprint density at radius 1 is 1.15 bits per heavy atom. The summed E-state index contributed by atoms with van der Waals surface area (Å²) in [6.07, 6.45) is 2.18. The molecule has 1 fully saturated rings. The first-order chi connectivity index (χ1) is 12.4. The van der Waals surface area contributed by atoms with Gasteiger partial charge in [-0.1, -0.05) is 25.1 Å². The maximum Gasteiger partial charge on any atom is 0.261 e. The first-order valence-corrected chi connectivity index (χ1v) is 10.3. The third-order valence-electron chi connectivity index (χ3n) is 4.72. The number of sulfonamides is 1. The van der Waals surface area contributed by atoms with Crippen LogP contribution in [0.4, 0.5) is 5.69 Å². The number of rotatable bonds is 4. The first-order valence-electron chi connectivity index (χ1n) is 8.84. The number of anilines is 1. The molecule has 0 bridgehead atoms. The lowest BCUT2D eigenvalue weighted by molar-refractivity contribution is 0.0683. The summed E-state index contributed by atoms with van der Waals surface area (Å²) in [5, 5.41) is 0. The predicted molar refractivity (Wildman–Crippen MR) is 103 cm³/mol. The summed E-state index contributed by atoms with van der Waals surface area (Å²) in [7, 11) is -3.64. The van der Waals surface area contributed by atoms with E-state index in [0.717, 1.165) is 31.5 Å². The van der Waals surface area contributed by atoms with Crippen molar-refractivity contribution in [3.05, 3.63) is 59.7 Å². The fraction of sp³-hybridized carbons (Fsp3) is 0.350. The Morgan fingerprint density at radius 2 is 1.88 bits per heavy atom. The quantitative estimate of drug-likeness (QED) is 0.890. The number of carbonyl (C=O) groups is 1. The maximum absolute atomic E-state index is 12.7. The van der Waals surface area contributed by atoms with E-state index in [1.54, 1.807) is 55.5 Å². The van der Waals surface area contributed by atoms with E-state index < -0.39 is 10.0 Å². The van der Waals surface area contributed by atoms with Gasteiger partial charge in [-0.3, -0.25) is 9.52 Å². The van der Waals surface area contributed by atoms with Crippen molar-refractivity contribution < 1.29 is 13.2 Å². The molecule has 1 aliphatic rings. The fourth-order valence-corrected chi connectivity index (χ4v) is 4.42. The molecule has 3 rings (SSSR count). The highest BCUT2D eigenvalue weighted by Gasteiger charge is 2.23. The second-order valence-electron chi connectivity index (χ2n) is 6.95. The van der Waals surface area contributed by atoms with Crippen LogP contribution in [0.3, 0.4) is 0 Å². The number of carbonyl (C=O) groups excluding carboxylic acids is 1. The van der Waals surface area contributed by atoms with Crippen molar-refractivity contribution in [1.29, 1.82) is 0 Å². The zero-order valence-corrected chi connectivity index (χ0v) is 15.9. The van der Waals surface area contributed by atoms with Crippen LogP contribution in [-0.4, -0.2) is 32.3 Å². The number of likely N-dealkylation sites (tertiary alicyclic amines) is 1. The molecule has 138 valence electrons. The molecule has 0 saturated carbocycles. The van der Waals surface area contributed by atoms with E-state index in [0.29, 0.717) is 17.2 Å². The van der Waals surface area contributed by atoms with Crippen LogP contribution >= 0.6 is 0 Å². The van der Waals surface area contributed by atoms with Crippen LogP contribution < -0.4 is 4.72 Å². The monoisotopic (exact) mass is 372 g/mol. The summed E-state index contributed by atoms with van der Waals surface area (Å²) in [4.78, 5) is 14.8. The molecule has 1 atom stereocenters. The zero-order chi connectivity index (χ0) is 18.7. The van der Waals surface area contributed by atoms with Gasteiger partial charge >= 0.3 is 0 Å². The molecule has 0 spiro atoms. The minimum absolute atomic E-state index is 0.0112. The molecule has 5 nitrogen and oxygen atoms in total. The Bertz CT molecular complexity index is 895. The van der Waals surface area contributed by atoms with Crippen molar-refractivity contribution in [2.24, 2.45) is 5.92 Å². The van der Waals surface area contributed by atoms with Gasteiger partial charge in [0.05, 0.1) is 10.6 Å². The summed E-state index contributed by atoms with van der Waals surface area (Å²) in [6.45, 7) is 5.52. The average molecular weight is 372 g/mol. The van der Waals surface area contributed by atoms with E-state index >= 15 is 0 Å². The van der Waals surface area contributed by atoms with Gasteiger partial charge in [0.2, 0.25) is 0 Å². The standard InChI is InChI=1S/C20H24N2O3S/c1-15-7-6-12-22(14-15)20(23)17-10-11-19(16(2)13-17)21-26(24,25)18-8-4-3-5-9-18/h3-5,8-11,13,15,21H,6-7,12,14H2,1-2H3/t15-/m1/s1. The van der Waals surface area contributed by atoms with Gasteiger partial charge < -0.3 is 4.90 Å². The average Bonchev–Trinajstić information content (AvgIpc) is 2.63. The highest BCUT2D eigenvalue weighted by atomic mass is 32.2. The van der Waals surface area contributed by atoms with Crippen LogP contribution in [0.2, 0.25) is 0 Å². The highest BCUT2D eigenvalue weighted by molar-refractivity contribution is 7.92. The highest BCUT2D eigenvalue weighted by Crippen LogP contribution is 2.23. The van der Waals surface area contributed by atoms with Gasteiger partial charge in [0.25, 0.3) is 15.9 Å². The molecule has 1 N–H and O–H groups in total. The molecule has 6 heteroatoms. The molecule has 0 radical (unpaired) electrons. The van der Waals surface area contributed by atoms with E-state index in [2.05, 4.69) is 11.6 Å². The van der Waals surface area contributed by atoms with Crippen LogP contribution in [0.5, 0.6) is 0 Å². The van der Waals surface area contributed by atoms with Gasteiger partial charge in [-0.15, -0.1) is 0 Å². The lowest BCUT2D eigenvalue weighted by Crippen LogP contribution is -2.39. The van der Waals surface area contributed by atoms with Gasteiger partial charge in [0.15, 0.2) is 0 Å². The van der Waals surface area contributed by atoms with Crippen LogP contribution in [0.15, 0.2) is 53.4 Å². The molecular formula is C20H24N2O3S. The smallest absolute Gasteiger partial charge is 0.261 e. The topological polar surface area (TPSA) is 66.5 Å². The predicted octanol–water partition coefficient (Wildman–Crippen LogP) is 3.67. The fourth-order valence-electron chi connectivity index (χ4n) is 3.27. The summed E-state index contributed by atoms with van der Waals surface area (Å²) in [5.74, 6) is 0.530. The Balaban J connectivity index is 1.78. The number of nitrogens with one attached hydrogen (secondary N) is 1. The van der Waals surface area contributed by atoms with Crippen LogP contribution in [0, 0.1) is 12.8 Å². The van der Waals surface area contributed by atoms with Gasteiger partial charge in [-0.2, -0.15) is 0 Å². The first kappa shape index (κ1) is 18.5. The van der Waals surface area contributed by atoms with Crippen molar-refractivity contribution >= 4 is 21.6 Å². The van der Waals surface area contributed by atoms with Crippen LogP contribution in [0.25, 0.3) is 0 Å². The summed E-state index contributed by atoms with van der Waals surface area (Å²) < 4.78 is 27.5. The SMILES string of the molecule is Cc1cc(C(=O)N2CCC[C@@H](C)C2)ccc1NS(=O)(=O)c1ccccc1. The lowest BCUT2D eigenvalue weighted by Gasteiger charge is -2.31. The number of hydrogen-bond donors (Lipinski definition) is 1. The molecule has 1 amide bonds. The van der Waals surface area contributed by atoms with Crippen molar-refractivity contribution in [3.63, 3.8) is 0 Å². The number of nitrogens with zero attached hydrogens (tertiary/aromatic N) is 1. The minimum atomic E-state index is -3.64. The molecule has 1 saturated heterocycles. The number of aryl methyl sites for hydroxylation is 1. The van der Waals surface area contributed by atoms with E-state index in [1.807, 2.05) is 4.90 Å². The molecule has 2 aromatic carbocycles. The Hall–Kier alpha value is -2.34. The second-order valence-corrected chi connectivity index (χ2v) is 8.63. The normalized spacial score (nSPS) is 17.8. The van der Waals surface area contributed by atoms with Gasteiger partial charge in [-0.25, -0.2) is 8.42 Å². The third kappa shape index (κ3) is 4.07. The van der Waals surface area contributed by atoms with Gasteiger partial charge in [-0.05, 0) is 61.6 Å². The maximum atomic E-state index is 12.7. The van der Waals surface area contributed by atoms with Crippen molar-refractivity contribution in [1.82, 2.24) is 4.90 Å². The minimum Gasteiger partial charge on any atom is -0.338 e. The molecule has 0 unspecified atom stereocenters. The Labute approximate surface area is 155 Å². The lowest BCUT2D eigenvalue weighted by atomic mass is 9.99. The van der Waals surface area contributed by atoms with E-state index in [9.17, 15) is 13.2 Å². The van der Waals surface area contributed by atoms with E-state index in [4.69, 9.17) is 0 Å². The van der Waals surface area contributed by atoms with E-state index in [-0.39, 0.29) is 10.8 Å². The molecule has 2 aromatic rings. The Kier molecular flexibility index (Phi) is 5.32. The van der Waals surface area contributed by atoms with Crippen LogP contribution in [-0.2, 0) is 10.0 Å². The van der Waals surface area contributed by atoms with E-state index in [1.165, 1.54) is 0 Å². The van der Waals surface area contributed by atoms with Crippen molar-refractivity contribution in [2.45, 2.75) is 31.6 Å². The molecule has 1 aliphatic heterocycles. The van der Waals surface area contributed by atoms with Gasteiger partial charge in [0.1, 0.15) is 0 Å². The van der Waals surface area contributed by atoms with Crippen LogP contribution in [0.1, 0.15) is 35.7 Å². The number of hydrogen-bond acceptors (Lipinski definition) is 3. The largest absolute Gasteiger partial charge is 0.338 e. The van der Waals surface area contributed by atoms with Crippen molar-refractivity contribution in [2.75, 3.05) is 17.8 Å². The zero-order valence-electron chi connectivity index (χ0n) is 15.1. The van der Waals surface area contributed by atoms with Gasteiger partial charge in [0, 0.05) is 18.7 Å². The molecule has 1 heterocycles. The summed E-state index contributed by atoms with van der Waals surface area (Å²) in [6, 6.07) is 13.3. The molecule has 0 aromatic heterocycles. The second kappa shape index (κ2) is 7.50. The van der Waals surface area contributed by atoms with Crippen molar-refractivity contribution in [3.8, 4) is 0 Å². The number of piperidine rings is 1. The summed E-state index contributed by atoms with van der Waals surface area (Å²) in [5.41, 5.74) is 1.80.